The van der Waals surface area contributed by atoms with E-state index in [2.05, 4.69) is 9.80 Å². The van der Waals surface area contributed by atoms with Crippen LogP contribution in [0.3, 0.4) is 0 Å². The van der Waals surface area contributed by atoms with Crippen LogP contribution >= 0.6 is 0 Å². The fourth-order valence-electron chi connectivity index (χ4n) is 2.58. The number of aliphatic hydroxyl groups is 1. The number of ether oxygens (including phenoxy) is 1. The van der Waals surface area contributed by atoms with Gasteiger partial charge < -0.3 is 19.8 Å². The maximum atomic E-state index is 10.9. The van der Waals surface area contributed by atoms with E-state index in [1.807, 2.05) is 0 Å². The first kappa shape index (κ1) is 16.7. The van der Waals surface area contributed by atoms with Crippen molar-refractivity contribution in [3.05, 3.63) is 29.8 Å². The van der Waals surface area contributed by atoms with Crippen LogP contribution in [0.25, 0.3) is 0 Å². The van der Waals surface area contributed by atoms with Crippen LogP contribution in [-0.4, -0.2) is 78.5 Å². The second-order valence-corrected chi connectivity index (χ2v) is 5.44. The minimum Gasteiger partial charge on any atom is -0.494 e. The number of benzene rings is 1. The second-order valence-electron chi connectivity index (χ2n) is 5.44. The van der Waals surface area contributed by atoms with Crippen molar-refractivity contribution in [1.82, 2.24) is 9.80 Å². The van der Waals surface area contributed by atoms with E-state index in [0.29, 0.717) is 12.4 Å². The van der Waals surface area contributed by atoms with E-state index in [4.69, 9.17) is 14.9 Å². The number of hydrogen-bond acceptors (Lipinski definition) is 5. The third-order valence-electron chi connectivity index (χ3n) is 3.85. The fraction of sp³-hybridized carbons (Fsp3) is 0.562. The lowest BCUT2D eigenvalue weighted by Gasteiger charge is -2.34. The first-order valence-corrected chi connectivity index (χ1v) is 7.71. The molecule has 1 fully saturated rings. The molecule has 1 aliphatic heterocycles. The van der Waals surface area contributed by atoms with Gasteiger partial charge in [0, 0.05) is 39.3 Å². The first-order valence-electron chi connectivity index (χ1n) is 7.71. The Morgan fingerprint density at radius 2 is 1.82 bits per heavy atom. The predicted octanol–water partition coefficient (Wildman–Crippen LogP) is 0.764. The van der Waals surface area contributed by atoms with E-state index in [0.717, 1.165) is 45.7 Å². The van der Waals surface area contributed by atoms with Crippen molar-refractivity contribution in [2.75, 3.05) is 52.5 Å². The second kappa shape index (κ2) is 8.73. The molecule has 122 valence electrons. The first-order chi connectivity index (χ1) is 10.7. The SMILES string of the molecule is O=C(O)c1cccc(OCCCN2CCN(CCO)CC2)c1. The number of nitrogens with zero attached hydrogens (tertiary/aromatic N) is 2. The zero-order valence-electron chi connectivity index (χ0n) is 12.8. The van der Waals surface area contributed by atoms with Crippen LogP contribution in [0.15, 0.2) is 24.3 Å². The standard InChI is InChI=1S/C16H24N2O4/c19-11-10-18-8-6-17(7-9-18)5-2-12-22-15-4-1-3-14(13-15)16(20)21/h1,3-4,13,19H,2,5-12H2,(H,20,21). The van der Waals surface area contributed by atoms with Gasteiger partial charge in [-0.05, 0) is 24.6 Å². The van der Waals surface area contributed by atoms with Gasteiger partial charge in [0.05, 0.1) is 18.8 Å². The van der Waals surface area contributed by atoms with Crippen molar-refractivity contribution >= 4 is 5.97 Å². The fourth-order valence-corrected chi connectivity index (χ4v) is 2.58. The van der Waals surface area contributed by atoms with Gasteiger partial charge in [-0.3, -0.25) is 4.90 Å². The van der Waals surface area contributed by atoms with Crippen LogP contribution < -0.4 is 4.74 Å². The van der Waals surface area contributed by atoms with Gasteiger partial charge in [0.15, 0.2) is 0 Å². The Hall–Kier alpha value is -1.63. The highest BCUT2D eigenvalue weighted by Gasteiger charge is 2.15. The van der Waals surface area contributed by atoms with Gasteiger partial charge in [0.25, 0.3) is 0 Å². The zero-order chi connectivity index (χ0) is 15.8. The van der Waals surface area contributed by atoms with Gasteiger partial charge >= 0.3 is 5.97 Å². The molecular formula is C16H24N2O4. The van der Waals surface area contributed by atoms with Crippen molar-refractivity contribution in [2.45, 2.75) is 6.42 Å². The summed E-state index contributed by atoms with van der Waals surface area (Å²) >= 11 is 0. The molecule has 1 aliphatic rings. The Labute approximate surface area is 130 Å². The van der Waals surface area contributed by atoms with Gasteiger partial charge in [-0.25, -0.2) is 4.79 Å². The Morgan fingerprint density at radius 1 is 1.14 bits per heavy atom. The summed E-state index contributed by atoms with van der Waals surface area (Å²) in [6.07, 6.45) is 0.914. The summed E-state index contributed by atoms with van der Waals surface area (Å²) in [4.78, 5) is 15.5. The zero-order valence-corrected chi connectivity index (χ0v) is 12.8. The average Bonchev–Trinajstić information content (AvgIpc) is 2.54. The molecule has 0 radical (unpaired) electrons. The lowest BCUT2D eigenvalue weighted by Crippen LogP contribution is -2.47. The smallest absolute Gasteiger partial charge is 0.335 e. The van der Waals surface area contributed by atoms with E-state index < -0.39 is 5.97 Å². The van der Waals surface area contributed by atoms with Crippen LogP contribution in [-0.2, 0) is 0 Å². The number of hydrogen-bond donors (Lipinski definition) is 2. The third-order valence-corrected chi connectivity index (χ3v) is 3.85. The van der Waals surface area contributed by atoms with Crippen molar-refractivity contribution in [2.24, 2.45) is 0 Å². The molecule has 0 aliphatic carbocycles. The van der Waals surface area contributed by atoms with Gasteiger partial charge in [-0.15, -0.1) is 0 Å². The van der Waals surface area contributed by atoms with E-state index in [-0.39, 0.29) is 12.2 Å². The topological polar surface area (TPSA) is 73.2 Å². The molecule has 0 amide bonds. The summed E-state index contributed by atoms with van der Waals surface area (Å²) in [5, 5.41) is 17.8. The summed E-state index contributed by atoms with van der Waals surface area (Å²) in [6.45, 7) is 6.60. The predicted molar refractivity (Wildman–Crippen MR) is 83.5 cm³/mol. The molecule has 0 aromatic heterocycles. The Bertz CT molecular complexity index is 473. The summed E-state index contributed by atoms with van der Waals surface area (Å²) in [5.74, 6) is -0.334. The summed E-state index contributed by atoms with van der Waals surface area (Å²) in [7, 11) is 0. The maximum absolute atomic E-state index is 10.9. The number of aromatic carboxylic acids is 1. The molecule has 1 aromatic rings. The highest BCUT2D eigenvalue weighted by atomic mass is 16.5. The summed E-state index contributed by atoms with van der Waals surface area (Å²) in [5.41, 5.74) is 0.248. The highest BCUT2D eigenvalue weighted by molar-refractivity contribution is 5.87. The molecule has 0 atom stereocenters. The largest absolute Gasteiger partial charge is 0.494 e. The van der Waals surface area contributed by atoms with Crippen molar-refractivity contribution in [1.29, 1.82) is 0 Å². The maximum Gasteiger partial charge on any atom is 0.335 e. The number of aliphatic hydroxyl groups excluding tert-OH is 1. The van der Waals surface area contributed by atoms with Crippen LogP contribution in [0.4, 0.5) is 0 Å². The van der Waals surface area contributed by atoms with E-state index in [1.165, 1.54) is 0 Å². The number of carbonyl (C=O) groups is 1. The normalized spacial score (nSPS) is 16.6. The molecule has 22 heavy (non-hydrogen) atoms. The lowest BCUT2D eigenvalue weighted by atomic mass is 10.2. The van der Waals surface area contributed by atoms with Gasteiger partial charge in [0.2, 0.25) is 0 Å². The van der Waals surface area contributed by atoms with Crippen LogP contribution in [0.1, 0.15) is 16.8 Å². The number of rotatable bonds is 8. The molecule has 1 aromatic carbocycles. The number of β-amino-alcohol motifs (C(OH)–C–C–N with tert-alkyl or cyclic N) is 1. The third kappa shape index (κ3) is 5.29. The summed E-state index contributed by atoms with van der Waals surface area (Å²) < 4.78 is 5.61. The highest BCUT2D eigenvalue weighted by Crippen LogP contribution is 2.13. The van der Waals surface area contributed by atoms with Crippen LogP contribution in [0.2, 0.25) is 0 Å². The molecule has 6 heteroatoms. The van der Waals surface area contributed by atoms with Crippen molar-refractivity contribution in [3.8, 4) is 5.75 Å². The van der Waals surface area contributed by atoms with Gasteiger partial charge in [0.1, 0.15) is 5.75 Å². The van der Waals surface area contributed by atoms with Crippen LogP contribution in [0, 0.1) is 0 Å². The Balaban J connectivity index is 1.63. The number of carboxylic acids is 1. The molecule has 1 saturated heterocycles. The monoisotopic (exact) mass is 308 g/mol. The number of carboxylic acid groups (broad SMARTS) is 1. The minimum atomic E-state index is -0.939. The van der Waals surface area contributed by atoms with Crippen LogP contribution in [0.5, 0.6) is 5.75 Å². The van der Waals surface area contributed by atoms with Crippen molar-refractivity contribution < 1.29 is 19.7 Å². The van der Waals surface area contributed by atoms with E-state index in [9.17, 15) is 4.79 Å². The molecule has 6 nitrogen and oxygen atoms in total. The van der Waals surface area contributed by atoms with E-state index in [1.54, 1.807) is 24.3 Å². The molecule has 0 unspecified atom stereocenters. The van der Waals surface area contributed by atoms with E-state index >= 15 is 0 Å². The molecule has 2 rings (SSSR count). The lowest BCUT2D eigenvalue weighted by molar-refractivity contribution is 0.0696. The average molecular weight is 308 g/mol. The molecule has 0 spiro atoms. The van der Waals surface area contributed by atoms with Gasteiger partial charge in [-0.1, -0.05) is 6.07 Å². The molecule has 1 heterocycles. The quantitative estimate of drug-likeness (QED) is 0.691. The van der Waals surface area contributed by atoms with Crippen molar-refractivity contribution in [3.63, 3.8) is 0 Å². The van der Waals surface area contributed by atoms with Gasteiger partial charge in [-0.2, -0.15) is 0 Å². The molecule has 0 saturated carbocycles. The Morgan fingerprint density at radius 3 is 2.45 bits per heavy atom. The molecule has 0 bridgehead atoms. The molecular weight excluding hydrogens is 284 g/mol. The minimum absolute atomic E-state index is 0.225. The Kier molecular flexibility index (Phi) is 6.64. The number of piperazine rings is 1. The summed E-state index contributed by atoms with van der Waals surface area (Å²) in [6, 6.07) is 6.58. The molecule has 2 N–H and O–H groups in total.